The van der Waals surface area contributed by atoms with E-state index in [-0.39, 0.29) is 17.9 Å². The van der Waals surface area contributed by atoms with Gasteiger partial charge < -0.3 is 15.4 Å². The molecule has 0 aromatic rings. The van der Waals surface area contributed by atoms with Crippen molar-refractivity contribution >= 4 is 5.91 Å². The largest absolute Gasteiger partial charge is 0.376 e. The normalized spacial score (nSPS) is 32.3. The second-order valence-corrected chi connectivity index (χ2v) is 6.47. The van der Waals surface area contributed by atoms with E-state index in [0.29, 0.717) is 18.6 Å². The molecule has 4 heteroatoms. The van der Waals surface area contributed by atoms with Crippen LogP contribution in [0.3, 0.4) is 0 Å². The van der Waals surface area contributed by atoms with Gasteiger partial charge in [-0.2, -0.15) is 0 Å². The summed E-state index contributed by atoms with van der Waals surface area (Å²) in [6.07, 6.45) is 4.32. The summed E-state index contributed by atoms with van der Waals surface area (Å²) in [4.78, 5) is 14.5. The van der Waals surface area contributed by atoms with Gasteiger partial charge in [-0.15, -0.1) is 0 Å². The highest BCUT2D eigenvalue weighted by molar-refractivity contribution is 5.79. The van der Waals surface area contributed by atoms with Crippen molar-refractivity contribution in [1.82, 2.24) is 4.90 Å². The van der Waals surface area contributed by atoms with Crippen molar-refractivity contribution in [3.63, 3.8) is 0 Å². The molecule has 2 aliphatic heterocycles. The molecule has 0 saturated carbocycles. The van der Waals surface area contributed by atoms with Crippen LogP contribution >= 0.6 is 0 Å². The van der Waals surface area contributed by atoms with Crippen molar-refractivity contribution in [2.45, 2.75) is 45.6 Å². The minimum absolute atomic E-state index is 0.0414. The third-order valence-corrected chi connectivity index (χ3v) is 4.34. The second-order valence-electron chi connectivity index (χ2n) is 6.47. The lowest BCUT2D eigenvalue weighted by Gasteiger charge is -2.25. The Kier molecular flexibility index (Phi) is 4.28. The lowest BCUT2D eigenvalue weighted by Crippen LogP contribution is -2.37. The lowest BCUT2D eigenvalue weighted by molar-refractivity contribution is -0.135. The third kappa shape index (κ3) is 3.23. The molecule has 2 atom stereocenters. The van der Waals surface area contributed by atoms with Crippen molar-refractivity contribution in [2.75, 3.05) is 26.2 Å². The first-order valence-electron chi connectivity index (χ1n) is 7.12. The summed E-state index contributed by atoms with van der Waals surface area (Å²) in [5.74, 6) is 0.323. The van der Waals surface area contributed by atoms with Crippen molar-refractivity contribution in [2.24, 2.45) is 17.1 Å². The molecule has 0 spiro atoms. The van der Waals surface area contributed by atoms with Gasteiger partial charge >= 0.3 is 0 Å². The lowest BCUT2D eigenvalue weighted by atomic mass is 9.85. The fourth-order valence-corrected chi connectivity index (χ4v) is 2.94. The number of hydrogen-bond donors (Lipinski definition) is 1. The zero-order chi connectivity index (χ0) is 13.2. The van der Waals surface area contributed by atoms with Gasteiger partial charge in [0, 0.05) is 19.6 Å². The van der Waals surface area contributed by atoms with Gasteiger partial charge in [-0.1, -0.05) is 13.8 Å². The van der Waals surface area contributed by atoms with Gasteiger partial charge in [0.05, 0.1) is 18.6 Å². The molecule has 0 aromatic carbocycles. The number of carbonyl (C=O) groups is 1. The summed E-state index contributed by atoms with van der Waals surface area (Å²) >= 11 is 0. The average molecular weight is 254 g/mol. The highest BCUT2D eigenvalue weighted by atomic mass is 16.5. The summed E-state index contributed by atoms with van der Waals surface area (Å²) in [5, 5.41) is 0. The monoisotopic (exact) mass is 254 g/mol. The fraction of sp³-hybridized carbons (Fsp3) is 0.929. The molecule has 1 amide bonds. The number of rotatable bonds is 2. The summed E-state index contributed by atoms with van der Waals surface area (Å²) in [7, 11) is 0. The first-order valence-corrected chi connectivity index (χ1v) is 7.12. The van der Waals surface area contributed by atoms with Crippen LogP contribution in [0.15, 0.2) is 0 Å². The van der Waals surface area contributed by atoms with E-state index in [1.807, 2.05) is 4.90 Å². The average Bonchev–Trinajstić information content (AvgIpc) is 2.74. The molecule has 104 valence electrons. The van der Waals surface area contributed by atoms with Gasteiger partial charge in [-0.3, -0.25) is 4.79 Å². The Morgan fingerprint density at radius 1 is 1.39 bits per heavy atom. The van der Waals surface area contributed by atoms with Gasteiger partial charge in [0.25, 0.3) is 0 Å². The number of hydrogen-bond acceptors (Lipinski definition) is 3. The molecule has 0 bridgehead atoms. The Morgan fingerprint density at radius 2 is 2.17 bits per heavy atom. The highest BCUT2D eigenvalue weighted by Crippen LogP contribution is 2.31. The predicted octanol–water partition coefficient (Wildman–Crippen LogP) is 1.39. The van der Waals surface area contributed by atoms with Crippen LogP contribution in [-0.2, 0) is 9.53 Å². The van der Waals surface area contributed by atoms with Gasteiger partial charge in [0.1, 0.15) is 0 Å². The maximum absolute atomic E-state index is 12.4. The Balaban J connectivity index is 1.89. The zero-order valence-corrected chi connectivity index (χ0v) is 11.7. The summed E-state index contributed by atoms with van der Waals surface area (Å²) in [6, 6.07) is 0. The number of likely N-dealkylation sites (tertiary alicyclic amines) is 1. The zero-order valence-electron chi connectivity index (χ0n) is 11.7. The number of amides is 1. The van der Waals surface area contributed by atoms with Crippen LogP contribution in [0.4, 0.5) is 0 Å². The maximum atomic E-state index is 12.4. The third-order valence-electron chi connectivity index (χ3n) is 4.34. The van der Waals surface area contributed by atoms with E-state index in [2.05, 4.69) is 13.8 Å². The van der Waals surface area contributed by atoms with Crippen LogP contribution in [0, 0.1) is 11.3 Å². The molecule has 2 fully saturated rings. The van der Waals surface area contributed by atoms with Crippen molar-refractivity contribution in [3.8, 4) is 0 Å². The fourth-order valence-electron chi connectivity index (χ4n) is 2.94. The van der Waals surface area contributed by atoms with Crippen LogP contribution in [0.25, 0.3) is 0 Å². The first-order chi connectivity index (χ1) is 8.52. The molecular formula is C14H26N2O2. The number of nitrogens with two attached hydrogens (primary N) is 1. The van der Waals surface area contributed by atoms with Crippen LogP contribution in [0.2, 0.25) is 0 Å². The van der Waals surface area contributed by atoms with Crippen LogP contribution < -0.4 is 5.73 Å². The number of carbonyl (C=O) groups excluding carboxylic acids is 1. The molecular weight excluding hydrogens is 228 g/mol. The molecule has 2 rings (SSSR count). The van der Waals surface area contributed by atoms with Gasteiger partial charge in [-0.25, -0.2) is 0 Å². The minimum Gasteiger partial charge on any atom is -0.376 e. The molecule has 2 heterocycles. The number of ether oxygens (including phenoxy) is 1. The SMILES string of the molecule is CC1(C)CCCN(C(=O)C2COC(CN)C2)CC1. The van der Waals surface area contributed by atoms with E-state index in [1.54, 1.807) is 0 Å². The molecule has 2 saturated heterocycles. The Hall–Kier alpha value is -0.610. The first kappa shape index (κ1) is 13.8. The van der Waals surface area contributed by atoms with E-state index < -0.39 is 0 Å². The van der Waals surface area contributed by atoms with E-state index in [9.17, 15) is 4.79 Å². The van der Waals surface area contributed by atoms with Crippen LogP contribution in [0.1, 0.15) is 39.5 Å². The quantitative estimate of drug-likeness (QED) is 0.810. The van der Waals surface area contributed by atoms with E-state index in [1.165, 1.54) is 6.42 Å². The van der Waals surface area contributed by atoms with Crippen molar-refractivity contribution < 1.29 is 9.53 Å². The van der Waals surface area contributed by atoms with Gasteiger partial charge in [-0.05, 0) is 31.1 Å². The predicted molar refractivity (Wildman–Crippen MR) is 71.1 cm³/mol. The Bertz CT molecular complexity index is 304. The summed E-state index contributed by atoms with van der Waals surface area (Å²) in [6.45, 7) is 7.48. The molecule has 0 aliphatic carbocycles. The Morgan fingerprint density at radius 3 is 2.83 bits per heavy atom. The van der Waals surface area contributed by atoms with E-state index in [4.69, 9.17) is 10.5 Å². The standard InChI is InChI=1S/C14H26N2O2/c1-14(2)4-3-6-16(7-5-14)13(17)11-8-12(9-15)18-10-11/h11-12H,3-10,15H2,1-2H3. The molecule has 0 radical (unpaired) electrons. The minimum atomic E-state index is 0.0414. The van der Waals surface area contributed by atoms with E-state index >= 15 is 0 Å². The van der Waals surface area contributed by atoms with Crippen molar-refractivity contribution in [3.05, 3.63) is 0 Å². The van der Waals surface area contributed by atoms with Crippen LogP contribution in [0.5, 0.6) is 0 Å². The molecule has 2 unspecified atom stereocenters. The maximum Gasteiger partial charge on any atom is 0.228 e. The molecule has 18 heavy (non-hydrogen) atoms. The van der Waals surface area contributed by atoms with Crippen LogP contribution in [-0.4, -0.2) is 43.2 Å². The summed E-state index contributed by atoms with van der Waals surface area (Å²) in [5.41, 5.74) is 5.96. The Labute approximate surface area is 110 Å². The molecule has 2 aliphatic rings. The van der Waals surface area contributed by atoms with Gasteiger partial charge in [0.15, 0.2) is 0 Å². The van der Waals surface area contributed by atoms with Gasteiger partial charge in [0.2, 0.25) is 5.91 Å². The molecule has 2 N–H and O–H groups in total. The highest BCUT2D eigenvalue weighted by Gasteiger charge is 2.34. The van der Waals surface area contributed by atoms with Crippen molar-refractivity contribution in [1.29, 1.82) is 0 Å². The topological polar surface area (TPSA) is 55.6 Å². The smallest absolute Gasteiger partial charge is 0.228 e. The second kappa shape index (κ2) is 5.57. The summed E-state index contributed by atoms with van der Waals surface area (Å²) < 4.78 is 5.53. The molecule has 4 nitrogen and oxygen atoms in total. The van der Waals surface area contributed by atoms with E-state index in [0.717, 1.165) is 32.4 Å². The molecule has 0 aromatic heterocycles. The number of nitrogens with zero attached hydrogens (tertiary/aromatic N) is 1.